The molecule has 2 aromatic rings. The van der Waals surface area contributed by atoms with Gasteiger partial charge in [0.1, 0.15) is 11.5 Å². The number of phenols is 1. The topological polar surface area (TPSA) is 77.0 Å². The standard InChI is InChI=1S/C18H21NO5/c1-22-13-5-6-15(20)14(11-13)18(21)19-9-8-12-4-7-16(23-2)17(10-12)24-3/h4-7,10-11,20H,8-9H2,1-3H3,(H,19,21). The molecule has 2 aromatic carbocycles. The van der Waals surface area contributed by atoms with E-state index in [0.29, 0.717) is 30.2 Å². The summed E-state index contributed by atoms with van der Waals surface area (Å²) < 4.78 is 15.5. The SMILES string of the molecule is COc1ccc(O)c(C(=O)NCCc2ccc(OC)c(OC)c2)c1. The van der Waals surface area contributed by atoms with E-state index < -0.39 is 0 Å². The second kappa shape index (κ2) is 8.10. The van der Waals surface area contributed by atoms with Crippen LogP contribution in [-0.4, -0.2) is 38.9 Å². The van der Waals surface area contributed by atoms with Gasteiger partial charge in [0, 0.05) is 6.54 Å². The molecular formula is C18H21NO5. The molecule has 0 spiro atoms. The Bertz CT molecular complexity index is 715. The number of ether oxygens (including phenoxy) is 3. The van der Waals surface area contributed by atoms with Gasteiger partial charge in [-0.2, -0.15) is 0 Å². The van der Waals surface area contributed by atoms with Crippen molar-refractivity contribution >= 4 is 5.91 Å². The van der Waals surface area contributed by atoms with E-state index in [9.17, 15) is 9.90 Å². The molecular weight excluding hydrogens is 310 g/mol. The maximum atomic E-state index is 12.2. The van der Waals surface area contributed by atoms with Crippen LogP contribution in [0.5, 0.6) is 23.0 Å². The Morgan fingerprint density at radius 3 is 2.42 bits per heavy atom. The van der Waals surface area contributed by atoms with Gasteiger partial charge < -0.3 is 24.6 Å². The highest BCUT2D eigenvalue weighted by molar-refractivity contribution is 5.97. The number of methoxy groups -OCH3 is 3. The monoisotopic (exact) mass is 331 g/mol. The van der Waals surface area contributed by atoms with Crippen LogP contribution >= 0.6 is 0 Å². The van der Waals surface area contributed by atoms with Crippen LogP contribution in [0.15, 0.2) is 36.4 Å². The second-order valence-electron chi connectivity index (χ2n) is 5.08. The molecule has 24 heavy (non-hydrogen) atoms. The van der Waals surface area contributed by atoms with Crippen LogP contribution in [0.2, 0.25) is 0 Å². The van der Waals surface area contributed by atoms with Gasteiger partial charge in [-0.25, -0.2) is 0 Å². The summed E-state index contributed by atoms with van der Waals surface area (Å²) in [5.41, 5.74) is 1.18. The molecule has 0 saturated heterocycles. The van der Waals surface area contributed by atoms with E-state index in [1.165, 1.54) is 19.2 Å². The van der Waals surface area contributed by atoms with Crippen molar-refractivity contribution in [2.75, 3.05) is 27.9 Å². The summed E-state index contributed by atoms with van der Waals surface area (Å²) in [6.45, 7) is 0.422. The van der Waals surface area contributed by atoms with Crippen LogP contribution in [0.3, 0.4) is 0 Å². The van der Waals surface area contributed by atoms with Crippen molar-refractivity contribution in [3.05, 3.63) is 47.5 Å². The molecule has 0 aliphatic rings. The summed E-state index contributed by atoms with van der Waals surface area (Å²) in [7, 11) is 4.67. The average molecular weight is 331 g/mol. The molecule has 6 heteroatoms. The lowest BCUT2D eigenvalue weighted by Gasteiger charge is -2.11. The molecule has 2 N–H and O–H groups in total. The largest absolute Gasteiger partial charge is 0.507 e. The minimum absolute atomic E-state index is 0.0839. The molecule has 0 aromatic heterocycles. The van der Waals surface area contributed by atoms with E-state index in [4.69, 9.17) is 14.2 Å². The molecule has 6 nitrogen and oxygen atoms in total. The lowest BCUT2D eigenvalue weighted by molar-refractivity contribution is 0.0951. The molecule has 0 heterocycles. The normalized spacial score (nSPS) is 10.1. The van der Waals surface area contributed by atoms with Gasteiger partial charge in [-0.05, 0) is 42.3 Å². The quantitative estimate of drug-likeness (QED) is 0.815. The first-order valence-electron chi connectivity index (χ1n) is 7.45. The Balaban J connectivity index is 1.98. The van der Waals surface area contributed by atoms with E-state index >= 15 is 0 Å². The molecule has 2 rings (SSSR count). The Labute approximate surface area is 141 Å². The minimum Gasteiger partial charge on any atom is -0.507 e. The first-order chi connectivity index (χ1) is 11.6. The molecule has 0 aliphatic carbocycles. The molecule has 128 valence electrons. The molecule has 0 atom stereocenters. The highest BCUT2D eigenvalue weighted by Gasteiger charge is 2.12. The second-order valence-corrected chi connectivity index (χ2v) is 5.08. The molecule has 0 bridgehead atoms. The average Bonchev–Trinajstić information content (AvgIpc) is 2.61. The number of nitrogens with one attached hydrogen (secondary N) is 1. The summed E-state index contributed by atoms with van der Waals surface area (Å²) >= 11 is 0. The molecule has 1 amide bonds. The zero-order chi connectivity index (χ0) is 17.5. The van der Waals surface area contributed by atoms with Crippen molar-refractivity contribution in [3.63, 3.8) is 0 Å². The van der Waals surface area contributed by atoms with Crippen LogP contribution in [0.1, 0.15) is 15.9 Å². The molecule has 0 unspecified atom stereocenters. The van der Waals surface area contributed by atoms with Gasteiger partial charge in [-0.15, -0.1) is 0 Å². The number of hydrogen-bond acceptors (Lipinski definition) is 5. The lowest BCUT2D eigenvalue weighted by Crippen LogP contribution is -2.25. The first kappa shape index (κ1) is 17.5. The van der Waals surface area contributed by atoms with Gasteiger partial charge in [0.2, 0.25) is 0 Å². The number of aromatic hydroxyl groups is 1. The Morgan fingerprint density at radius 2 is 1.75 bits per heavy atom. The number of amides is 1. The highest BCUT2D eigenvalue weighted by atomic mass is 16.5. The van der Waals surface area contributed by atoms with Gasteiger partial charge in [0.25, 0.3) is 5.91 Å². The Kier molecular flexibility index (Phi) is 5.89. The zero-order valence-electron chi connectivity index (χ0n) is 14.0. The Hall–Kier alpha value is -2.89. The van der Waals surface area contributed by atoms with E-state index in [-0.39, 0.29) is 17.2 Å². The molecule has 0 fully saturated rings. The van der Waals surface area contributed by atoms with E-state index in [1.807, 2.05) is 18.2 Å². The van der Waals surface area contributed by atoms with Crippen molar-refractivity contribution < 1.29 is 24.1 Å². The van der Waals surface area contributed by atoms with Gasteiger partial charge >= 0.3 is 0 Å². The first-order valence-corrected chi connectivity index (χ1v) is 7.45. The van der Waals surface area contributed by atoms with Crippen molar-refractivity contribution in [3.8, 4) is 23.0 Å². The number of benzene rings is 2. The molecule has 0 aliphatic heterocycles. The van der Waals surface area contributed by atoms with Crippen molar-refractivity contribution in [1.82, 2.24) is 5.32 Å². The minimum atomic E-state index is -0.355. The summed E-state index contributed by atoms with van der Waals surface area (Å²) in [5, 5.41) is 12.6. The zero-order valence-corrected chi connectivity index (χ0v) is 14.0. The number of rotatable bonds is 7. The summed E-state index contributed by atoms with van der Waals surface area (Å²) in [6.07, 6.45) is 0.622. The third-order valence-corrected chi connectivity index (χ3v) is 3.60. The summed E-state index contributed by atoms with van der Waals surface area (Å²) in [4.78, 5) is 12.2. The van der Waals surface area contributed by atoms with Crippen LogP contribution in [0, 0.1) is 0 Å². The smallest absolute Gasteiger partial charge is 0.255 e. The van der Waals surface area contributed by atoms with Crippen molar-refractivity contribution in [2.24, 2.45) is 0 Å². The molecule has 0 saturated carbocycles. The van der Waals surface area contributed by atoms with Crippen LogP contribution < -0.4 is 19.5 Å². The maximum Gasteiger partial charge on any atom is 0.255 e. The predicted molar refractivity (Wildman–Crippen MR) is 90.2 cm³/mol. The van der Waals surface area contributed by atoms with Gasteiger partial charge in [-0.1, -0.05) is 6.07 Å². The van der Waals surface area contributed by atoms with Crippen LogP contribution in [0.4, 0.5) is 0 Å². The number of carbonyl (C=O) groups excluding carboxylic acids is 1. The van der Waals surface area contributed by atoms with Crippen molar-refractivity contribution in [2.45, 2.75) is 6.42 Å². The van der Waals surface area contributed by atoms with Gasteiger partial charge in [0.15, 0.2) is 11.5 Å². The lowest BCUT2D eigenvalue weighted by atomic mass is 10.1. The van der Waals surface area contributed by atoms with E-state index in [0.717, 1.165) is 5.56 Å². The summed E-state index contributed by atoms with van der Waals surface area (Å²) in [5.74, 6) is 1.38. The van der Waals surface area contributed by atoms with Crippen LogP contribution in [0.25, 0.3) is 0 Å². The maximum absolute atomic E-state index is 12.2. The predicted octanol–water partition coefficient (Wildman–Crippen LogP) is 2.39. The number of phenolic OH excluding ortho intramolecular Hbond substituents is 1. The Morgan fingerprint density at radius 1 is 1.00 bits per heavy atom. The fourth-order valence-electron chi connectivity index (χ4n) is 2.28. The van der Waals surface area contributed by atoms with Crippen LogP contribution in [-0.2, 0) is 6.42 Å². The molecule has 0 radical (unpaired) electrons. The third kappa shape index (κ3) is 4.10. The van der Waals surface area contributed by atoms with Crippen molar-refractivity contribution in [1.29, 1.82) is 0 Å². The van der Waals surface area contributed by atoms with Gasteiger partial charge in [0.05, 0.1) is 26.9 Å². The summed E-state index contributed by atoms with van der Waals surface area (Å²) in [6, 6.07) is 10.1. The fraction of sp³-hybridized carbons (Fsp3) is 0.278. The third-order valence-electron chi connectivity index (χ3n) is 3.60. The highest BCUT2D eigenvalue weighted by Crippen LogP contribution is 2.27. The number of hydrogen-bond donors (Lipinski definition) is 2. The fourth-order valence-corrected chi connectivity index (χ4v) is 2.28. The van der Waals surface area contributed by atoms with E-state index in [2.05, 4.69) is 5.32 Å². The number of carbonyl (C=O) groups is 1. The van der Waals surface area contributed by atoms with Gasteiger partial charge in [-0.3, -0.25) is 4.79 Å². The van der Waals surface area contributed by atoms with E-state index in [1.54, 1.807) is 20.3 Å².